The zero-order valence-electron chi connectivity index (χ0n) is 8.60. The number of benzene rings is 1. The van der Waals surface area contributed by atoms with Gasteiger partial charge >= 0.3 is 0 Å². The molecular formula is C11H10ClIN2S. The normalized spacial score (nSPS) is 17.3. The summed E-state index contributed by atoms with van der Waals surface area (Å²) >= 11 is 8.31. The summed E-state index contributed by atoms with van der Waals surface area (Å²) < 4.78 is 0. The molecule has 1 unspecified atom stereocenters. The summed E-state index contributed by atoms with van der Waals surface area (Å²) in [5.41, 5.74) is 9.55. The lowest BCUT2D eigenvalue weighted by molar-refractivity contribution is 0.604. The van der Waals surface area contributed by atoms with E-state index >= 15 is 0 Å². The van der Waals surface area contributed by atoms with E-state index in [4.69, 9.17) is 11.6 Å². The molecule has 0 spiro atoms. The Morgan fingerprint density at radius 1 is 1.56 bits per heavy atom. The molecule has 0 saturated carbocycles. The van der Waals surface area contributed by atoms with Gasteiger partial charge in [-0.3, -0.25) is 0 Å². The maximum absolute atomic E-state index is 6.14. The van der Waals surface area contributed by atoms with Crippen LogP contribution in [0.25, 0.3) is 0 Å². The maximum atomic E-state index is 6.14. The second kappa shape index (κ2) is 5.50. The lowest BCUT2D eigenvalue weighted by Crippen LogP contribution is -2.18. The first-order valence-electron chi connectivity index (χ1n) is 4.90. The molecule has 0 amide bonds. The summed E-state index contributed by atoms with van der Waals surface area (Å²) in [6.45, 7) is 2.14. The second-order valence-corrected chi connectivity index (χ2v) is 5.50. The Labute approximate surface area is 116 Å². The molecule has 1 aliphatic heterocycles. The van der Waals surface area contributed by atoms with Crippen molar-refractivity contribution in [2.75, 3.05) is 5.43 Å². The lowest BCUT2D eigenvalue weighted by atomic mass is 9.99. The van der Waals surface area contributed by atoms with Gasteiger partial charge in [0, 0.05) is 32.3 Å². The van der Waals surface area contributed by atoms with Gasteiger partial charge in [0.25, 0.3) is 0 Å². The highest BCUT2D eigenvalue weighted by Gasteiger charge is 2.24. The average Bonchev–Trinajstić information content (AvgIpc) is 2.73. The van der Waals surface area contributed by atoms with Gasteiger partial charge in [-0.25, -0.2) is 5.43 Å². The number of nitrogens with one attached hydrogen (secondary N) is 2. The molecule has 84 valence electrons. The predicted molar refractivity (Wildman–Crippen MR) is 79.7 cm³/mol. The summed E-state index contributed by atoms with van der Waals surface area (Å²) in [7, 11) is 1.49. The van der Waals surface area contributed by atoms with Crippen LogP contribution < -0.4 is 10.9 Å². The predicted octanol–water partition coefficient (Wildman–Crippen LogP) is 4.11. The first kappa shape index (κ1) is 12.4. The Morgan fingerprint density at radius 3 is 3.06 bits per heavy atom. The van der Waals surface area contributed by atoms with Crippen molar-refractivity contribution in [1.82, 2.24) is 5.43 Å². The molecule has 1 heterocycles. The van der Waals surface area contributed by atoms with E-state index in [1.165, 1.54) is 14.5 Å². The molecule has 0 radical (unpaired) electrons. The van der Waals surface area contributed by atoms with E-state index in [1.807, 2.05) is 12.1 Å². The maximum Gasteiger partial charge on any atom is 0.0735 e. The molecule has 0 bridgehead atoms. The van der Waals surface area contributed by atoms with E-state index in [2.05, 4.69) is 50.2 Å². The fourth-order valence-electron chi connectivity index (χ4n) is 1.80. The molecule has 16 heavy (non-hydrogen) atoms. The van der Waals surface area contributed by atoms with Crippen LogP contribution >= 0.6 is 41.7 Å². The Hall–Kier alpha value is -0.0900. The minimum atomic E-state index is 0.289. The molecule has 1 aliphatic rings. The number of hydrogen-bond acceptors (Lipinski definition) is 3. The fraction of sp³-hybridized carbons (Fsp3) is 0.273. The minimum Gasteiger partial charge on any atom is -0.319 e. The van der Waals surface area contributed by atoms with Crippen molar-refractivity contribution in [3.8, 4) is 11.2 Å². The number of halogens is 2. The van der Waals surface area contributed by atoms with Crippen LogP contribution in [0.5, 0.6) is 0 Å². The van der Waals surface area contributed by atoms with Crippen LogP contribution in [0.2, 0.25) is 5.02 Å². The smallest absolute Gasteiger partial charge is 0.0735 e. The van der Waals surface area contributed by atoms with E-state index in [0.717, 1.165) is 22.7 Å². The summed E-state index contributed by atoms with van der Waals surface area (Å²) in [6, 6.07) is 4.16. The van der Waals surface area contributed by atoms with Crippen LogP contribution in [0.1, 0.15) is 30.5 Å². The zero-order chi connectivity index (χ0) is 11.5. The second-order valence-electron chi connectivity index (χ2n) is 3.42. The van der Waals surface area contributed by atoms with Crippen molar-refractivity contribution >= 4 is 47.4 Å². The Bertz CT molecular complexity index is 467. The van der Waals surface area contributed by atoms with Crippen LogP contribution in [0.4, 0.5) is 5.69 Å². The van der Waals surface area contributed by atoms with Gasteiger partial charge in [-0.2, -0.15) is 0 Å². The van der Waals surface area contributed by atoms with Gasteiger partial charge in [-0.1, -0.05) is 24.4 Å². The fourth-order valence-corrected chi connectivity index (χ4v) is 2.49. The number of hydrazine groups is 1. The van der Waals surface area contributed by atoms with Crippen molar-refractivity contribution in [3.05, 3.63) is 28.3 Å². The average molecular weight is 365 g/mol. The van der Waals surface area contributed by atoms with Crippen molar-refractivity contribution in [2.24, 2.45) is 0 Å². The van der Waals surface area contributed by atoms with E-state index < -0.39 is 0 Å². The largest absolute Gasteiger partial charge is 0.319 e. The van der Waals surface area contributed by atoms with Crippen LogP contribution in [0, 0.1) is 11.2 Å². The standard InChI is InChI=1S/C11H10ClIN2S/c1-2-9-10-7(5-6-16-13)3-4-8(12)11(10)15-14-9/h3-4,9,14-15H,2H2,1H3. The highest BCUT2D eigenvalue weighted by molar-refractivity contribution is 14.2. The molecule has 1 aromatic carbocycles. The van der Waals surface area contributed by atoms with E-state index in [-0.39, 0.29) is 6.04 Å². The van der Waals surface area contributed by atoms with Crippen molar-refractivity contribution in [2.45, 2.75) is 19.4 Å². The molecule has 2 nitrogen and oxygen atoms in total. The molecule has 5 heteroatoms. The first-order valence-corrected chi connectivity index (χ1v) is 8.64. The molecule has 2 rings (SSSR count). The molecule has 0 saturated heterocycles. The summed E-state index contributed by atoms with van der Waals surface area (Å²) in [5, 5.41) is 3.75. The summed E-state index contributed by atoms with van der Waals surface area (Å²) in [6.07, 6.45) is 1.01. The third kappa shape index (κ3) is 2.28. The molecule has 2 N–H and O–H groups in total. The lowest BCUT2D eigenvalue weighted by Gasteiger charge is -2.09. The number of rotatable bonds is 1. The van der Waals surface area contributed by atoms with Crippen molar-refractivity contribution in [1.29, 1.82) is 0 Å². The van der Waals surface area contributed by atoms with E-state index in [1.54, 1.807) is 0 Å². The van der Waals surface area contributed by atoms with Crippen LogP contribution in [0.3, 0.4) is 0 Å². The Balaban J connectivity index is 2.52. The summed E-state index contributed by atoms with van der Waals surface area (Å²) in [4.78, 5) is 0. The van der Waals surface area contributed by atoms with Crippen molar-refractivity contribution < 1.29 is 0 Å². The Kier molecular flexibility index (Phi) is 4.25. The van der Waals surface area contributed by atoms with Gasteiger partial charge in [-0.05, 0) is 32.7 Å². The number of fused-ring (bicyclic) bond motifs is 1. The SMILES string of the molecule is CCC1NNc2c(Cl)ccc(C#CSI)c21. The quantitative estimate of drug-likeness (QED) is 0.579. The third-order valence-corrected chi connectivity index (χ3v) is 3.70. The van der Waals surface area contributed by atoms with Gasteiger partial charge < -0.3 is 5.43 Å². The van der Waals surface area contributed by atoms with Gasteiger partial charge in [0.15, 0.2) is 0 Å². The summed E-state index contributed by atoms with van der Waals surface area (Å²) in [5.74, 6) is 3.15. The van der Waals surface area contributed by atoms with Gasteiger partial charge in [0.1, 0.15) is 0 Å². The molecular weight excluding hydrogens is 355 g/mol. The van der Waals surface area contributed by atoms with Crippen LogP contribution in [-0.2, 0) is 0 Å². The molecule has 1 atom stereocenters. The first-order chi connectivity index (χ1) is 7.77. The molecule has 0 aromatic heterocycles. The van der Waals surface area contributed by atoms with Gasteiger partial charge in [-0.15, -0.1) is 0 Å². The molecule has 1 aromatic rings. The van der Waals surface area contributed by atoms with Crippen LogP contribution in [0.15, 0.2) is 12.1 Å². The van der Waals surface area contributed by atoms with Gasteiger partial charge in [0.2, 0.25) is 0 Å². The Morgan fingerprint density at radius 2 is 2.38 bits per heavy atom. The topological polar surface area (TPSA) is 24.1 Å². The van der Waals surface area contributed by atoms with E-state index in [0.29, 0.717) is 0 Å². The van der Waals surface area contributed by atoms with Crippen molar-refractivity contribution in [3.63, 3.8) is 0 Å². The number of anilines is 1. The van der Waals surface area contributed by atoms with Crippen LogP contribution in [-0.4, -0.2) is 0 Å². The highest BCUT2D eigenvalue weighted by atomic mass is 127. The minimum absolute atomic E-state index is 0.289. The molecule has 0 fully saturated rings. The van der Waals surface area contributed by atoms with Gasteiger partial charge in [0.05, 0.1) is 16.8 Å². The third-order valence-electron chi connectivity index (χ3n) is 2.55. The number of hydrogen-bond donors (Lipinski definition) is 2. The van der Waals surface area contributed by atoms with E-state index in [9.17, 15) is 0 Å². The zero-order valence-corrected chi connectivity index (χ0v) is 12.3. The molecule has 0 aliphatic carbocycles. The highest BCUT2D eigenvalue weighted by Crippen LogP contribution is 2.38. The monoisotopic (exact) mass is 364 g/mol.